The van der Waals surface area contributed by atoms with E-state index in [1.54, 1.807) is 41.3 Å². The van der Waals surface area contributed by atoms with Crippen molar-refractivity contribution < 1.29 is 23.4 Å². The molecule has 2 atom stereocenters. The number of halogens is 2. The van der Waals surface area contributed by atoms with E-state index in [1.807, 2.05) is 18.2 Å². The molecule has 0 saturated carbocycles. The van der Waals surface area contributed by atoms with Crippen LogP contribution in [0.5, 0.6) is 17.2 Å². The summed E-state index contributed by atoms with van der Waals surface area (Å²) in [7, 11) is 0. The molecule has 3 aromatic rings. The molecule has 1 amide bonds. The average Bonchev–Trinajstić information content (AvgIpc) is 3.23. The number of benzene rings is 3. The molecule has 0 aromatic heterocycles. The minimum absolute atomic E-state index is 0.142. The molecule has 3 aromatic carbocycles. The summed E-state index contributed by atoms with van der Waals surface area (Å²) < 4.78 is 30.2. The smallest absolute Gasteiger partial charge is 0.267 e. The zero-order chi connectivity index (χ0) is 20.7. The van der Waals surface area contributed by atoms with E-state index in [2.05, 4.69) is 0 Å². The molecule has 7 heteroatoms. The van der Waals surface area contributed by atoms with Gasteiger partial charge >= 0.3 is 0 Å². The molecule has 0 radical (unpaired) electrons. The van der Waals surface area contributed by atoms with Crippen LogP contribution in [0.25, 0.3) is 0 Å². The monoisotopic (exact) mass is 425 g/mol. The van der Waals surface area contributed by atoms with Gasteiger partial charge in [-0.2, -0.15) is 0 Å². The maximum Gasteiger partial charge on any atom is 0.267 e. The third-order valence-electron chi connectivity index (χ3n) is 5.23. The lowest BCUT2D eigenvalue weighted by Crippen LogP contribution is -2.60. The summed E-state index contributed by atoms with van der Waals surface area (Å²) in [5.41, 5.74) is 1.71. The van der Waals surface area contributed by atoms with Crippen LogP contribution in [0, 0.1) is 5.82 Å². The van der Waals surface area contributed by atoms with Gasteiger partial charge in [-0.15, -0.1) is 0 Å². The largest absolute Gasteiger partial charge is 0.478 e. The Hall–Kier alpha value is -3.25. The molecule has 5 nitrogen and oxygen atoms in total. The summed E-state index contributed by atoms with van der Waals surface area (Å²) in [4.78, 5) is 14.7. The standard InChI is InChI=1S/C23H17ClFNO4/c24-16-4-8-18(9-5-16)30-22-21(15-3-10-19-20(11-15)29-13-28-19)26(23(22)27)12-14-1-6-17(25)7-2-14/h1-11,21-22H,12-13H2. The highest BCUT2D eigenvalue weighted by Crippen LogP contribution is 2.42. The van der Waals surface area contributed by atoms with Crippen LogP contribution < -0.4 is 14.2 Å². The molecule has 0 bridgehead atoms. The van der Waals surface area contributed by atoms with Gasteiger partial charge in [-0.25, -0.2) is 4.39 Å². The van der Waals surface area contributed by atoms with Crippen LogP contribution >= 0.6 is 11.6 Å². The van der Waals surface area contributed by atoms with Crippen LogP contribution in [0.2, 0.25) is 5.02 Å². The topological polar surface area (TPSA) is 48.0 Å². The number of carbonyl (C=O) groups is 1. The molecular formula is C23H17ClFNO4. The fourth-order valence-corrected chi connectivity index (χ4v) is 3.83. The molecule has 0 spiro atoms. The summed E-state index contributed by atoms with van der Waals surface area (Å²) in [6.45, 7) is 0.519. The zero-order valence-electron chi connectivity index (χ0n) is 15.8. The van der Waals surface area contributed by atoms with E-state index in [9.17, 15) is 9.18 Å². The SMILES string of the molecule is O=C1C(Oc2ccc(Cl)cc2)C(c2ccc3c(c2)OCO3)N1Cc1ccc(F)cc1. The highest BCUT2D eigenvalue weighted by atomic mass is 35.5. The summed E-state index contributed by atoms with van der Waals surface area (Å²) in [5.74, 6) is 1.41. The average molecular weight is 426 g/mol. The second kappa shape index (κ2) is 7.54. The van der Waals surface area contributed by atoms with Crippen molar-refractivity contribution in [3.63, 3.8) is 0 Å². The molecule has 1 saturated heterocycles. The Bertz CT molecular complexity index is 1030. The molecule has 30 heavy (non-hydrogen) atoms. The lowest BCUT2D eigenvalue weighted by Gasteiger charge is -2.46. The second-order valence-corrected chi connectivity index (χ2v) is 7.58. The first-order valence-corrected chi connectivity index (χ1v) is 9.83. The van der Waals surface area contributed by atoms with Crippen LogP contribution in [0.4, 0.5) is 4.39 Å². The van der Waals surface area contributed by atoms with Crippen molar-refractivity contribution in [2.45, 2.75) is 18.7 Å². The fraction of sp³-hybridized carbons (Fsp3) is 0.174. The molecule has 152 valence electrons. The maximum atomic E-state index is 13.3. The van der Waals surface area contributed by atoms with E-state index in [1.165, 1.54) is 12.1 Å². The van der Waals surface area contributed by atoms with Crippen LogP contribution in [-0.2, 0) is 11.3 Å². The van der Waals surface area contributed by atoms with Gasteiger partial charge in [0.05, 0.1) is 0 Å². The molecule has 2 heterocycles. The zero-order valence-corrected chi connectivity index (χ0v) is 16.5. The van der Waals surface area contributed by atoms with Gasteiger partial charge in [0, 0.05) is 11.6 Å². The molecule has 0 N–H and O–H groups in total. The lowest BCUT2D eigenvalue weighted by atomic mass is 9.89. The first kappa shape index (κ1) is 18.8. The minimum atomic E-state index is -0.688. The molecule has 0 aliphatic carbocycles. The van der Waals surface area contributed by atoms with Gasteiger partial charge in [-0.1, -0.05) is 29.8 Å². The van der Waals surface area contributed by atoms with Crippen molar-refractivity contribution in [3.05, 3.63) is 88.7 Å². The Kier molecular flexibility index (Phi) is 4.71. The van der Waals surface area contributed by atoms with E-state index >= 15 is 0 Å². The number of hydrogen-bond donors (Lipinski definition) is 0. The van der Waals surface area contributed by atoms with E-state index in [4.69, 9.17) is 25.8 Å². The number of amides is 1. The first-order valence-electron chi connectivity index (χ1n) is 9.45. The Labute approximate surface area is 177 Å². The Morgan fingerprint density at radius 1 is 1.00 bits per heavy atom. The number of likely N-dealkylation sites (tertiary alicyclic amines) is 1. The summed E-state index contributed by atoms with van der Waals surface area (Å²) in [6, 6.07) is 18.3. The van der Waals surface area contributed by atoms with Gasteiger partial charge in [0.15, 0.2) is 11.5 Å². The minimum Gasteiger partial charge on any atom is -0.478 e. The number of β-lactam (4-membered cyclic amide) rings is 1. The van der Waals surface area contributed by atoms with Crippen molar-refractivity contribution in [1.82, 2.24) is 4.90 Å². The molecule has 2 aliphatic heterocycles. The van der Waals surface area contributed by atoms with Gasteiger partial charge in [0.2, 0.25) is 12.9 Å². The van der Waals surface area contributed by atoms with Crippen molar-refractivity contribution in [2.75, 3.05) is 6.79 Å². The van der Waals surface area contributed by atoms with Crippen LogP contribution in [0.15, 0.2) is 66.7 Å². The number of nitrogens with zero attached hydrogens (tertiary/aromatic N) is 1. The molecular weight excluding hydrogens is 409 g/mol. The number of carbonyl (C=O) groups excluding carboxylic acids is 1. The van der Waals surface area contributed by atoms with Gasteiger partial charge in [0.25, 0.3) is 5.91 Å². The highest BCUT2D eigenvalue weighted by Gasteiger charge is 2.50. The quantitative estimate of drug-likeness (QED) is 0.554. The van der Waals surface area contributed by atoms with Gasteiger partial charge < -0.3 is 19.1 Å². The van der Waals surface area contributed by atoms with Crippen molar-refractivity contribution in [1.29, 1.82) is 0 Å². The molecule has 1 fully saturated rings. The predicted molar refractivity (Wildman–Crippen MR) is 108 cm³/mol. The predicted octanol–water partition coefficient (Wildman–Crippen LogP) is 4.74. The van der Waals surface area contributed by atoms with Crippen LogP contribution in [0.3, 0.4) is 0 Å². The van der Waals surface area contributed by atoms with E-state index in [-0.39, 0.29) is 24.6 Å². The third kappa shape index (κ3) is 3.44. The van der Waals surface area contributed by atoms with E-state index < -0.39 is 6.10 Å². The third-order valence-corrected chi connectivity index (χ3v) is 5.48. The number of ether oxygens (including phenoxy) is 3. The normalized spacial score (nSPS) is 19.5. The second-order valence-electron chi connectivity index (χ2n) is 7.14. The fourth-order valence-electron chi connectivity index (χ4n) is 3.71. The summed E-state index contributed by atoms with van der Waals surface area (Å²) in [5, 5.41) is 0.590. The van der Waals surface area contributed by atoms with Crippen molar-refractivity contribution in [2.24, 2.45) is 0 Å². The van der Waals surface area contributed by atoms with E-state index in [0.29, 0.717) is 28.8 Å². The Morgan fingerprint density at radius 2 is 1.73 bits per heavy atom. The number of hydrogen-bond acceptors (Lipinski definition) is 4. The van der Waals surface area contributed by atoms with Crippen molar-refractivity contribution in [3.8, 4) is 17.2 Å². The lowest BCUT2D eigenvalue weighted by molar-refractivity contribution is -0.165. The maximum absolute atomic E-state index is 13.3. The summed E-state index contributed by atoms with van der Waals surface area (Å²) >= 11 is 5.94. The van der Waals surface area contributed by atoms with Gasteiger partial charge in [-0.3, -0.25) is 4.79 Å². The summed E-state index contributed by atoms with van der Waals surface area (Å²) in [6.07, 6.45) is -0.688. The molecule has 2 aliphatic rings. The Balaban J connectivity index is 1.44. The van der Waals surface area contributed by atoms with Crippen molar-refractivity contribution >= 4 is 17.5 Å². The van der Waals surface area contributed by atoms with E-state index in [0.717, 1.165) is 11.1 Å². The number of rotatable bonds is 5. The van der Waals surface area contributed by atoms with Gasteiger partial charge in [-0.05, 0) is 59.7 Å². The first-order chi connectivity index (χ1) is 14.6. The molecule has 5 rings (SSSR count). The molecule has 2 unspecified atom stereocenters. The highest BCUT2D eigenvalue weighted by molar-refractivity contribution is 6.30. The van der Waals surface area contributed by atoms with Crippen LogP contribution in [-0.4, -0.2) is 23.7 Å². The van der Waals surface area contributed by atoms with Gasteiger partial charge in [0.1, 0.15) is 17.6 Å². The van der Waals surface area contributed by atoms with Crippen LogP contribution in [0.1, 0.15) is 17.2 Å². The Morgan fingerprint density at radius 3 is 2.50 bits per heavy atom. The number of fused-ring (bicyclic) bond motifs is 1.